The second-order valence-electron chi connectivity index (χ2n) is 4.23. The topological polar surface area (TPSA) is 150 Å². The number of hydrazine groups is 1. The summed E-state index contributed by atoms with van der Waals surface area (Å²) in [5.41, 5.74) is 12.8. The largest absolute Gasteiger partial charge is 0.446 e. The van der Waals surface area contributed by atoms with E-state index in [1.54, 1.807) is 0 Å². The van der Waals surface area contributed by atoms with Gasteiger partial charge in [0.25, 0.3) is 0 Å². The monoisotopic (exact) mass is 297 g/mol. The zero-order valence-corrected chi connectivity index (χ0v) is 11.2. The predicted octanol–water partition coefficient (Wildman–Crippen LogP) is -0.459. The van der Waals surface area contributed by atoms with Gasteiger partial charge in [-0.15, -0.1) is 0 Å². The van der Waals surface area contributed by atoms with E-state index in [2.05, 4.69) is 20.9 Å². The Labute approximate surface area is 119 Å². The van der Waals surface area contributed by atoms with Crippen molar-refractivity contribution < 1.29 is 23.9 Å². The van der Waals surface area contributed by atoms with Crippen molar-refractivity contribution in [2.75, 3.05) is 13.1 Å². The van der Waals surface area contributed by atoms with Crippen molar-refractivity contribution in [3.63, 3.8) is 0 Å². The average Bonchev–Trinajstić information content (AvgIpc) is 2.76. The molecule has 1 fully saturated rings. The van der Waals surface area contributed by atoms with E-state index >= 15 is 0 Å². The van der Waals surface area contributed by atoms with Gasteiger partial charge in [0.15, 0.2) is 11.6 Å². The molecule has 0 unspecified atom stereocenters. The summed E-state index contributed by atoms with van der Waals surface area (Å²) in [4.78, 5) is 47.6. The highest BCUT2D eigenvalue weighted by Gasteiger charge is 2.35. The van der Waals surface area contributed by atoms with E-state index in [-0.39, 0.29) is 50.3 Å². The summed E-state index contributed by atoms with van der Waals surface area (Å²) in [6.07, 6.45) is -1.14. The Balaban J connectivity index is 2.13. The van der Waals surface area contributed by atoms with Crippen molar-refractivity contribution in [1.29, 1.82) is 0 Å². The van der Waals surface area contributed by atoms with Crippen LogP contribution in [0.25, 0.3) is 10.4 Å². The van der Waals surface area contributed by atoms with Crippen LogP contribution in [0.4, 0.5) is 0 Å². The van der Waals surface area contributed by atoms with Gasteiger partial charge in [-0.3, -0.25) is 24.6 Å². The minimum atomic E-state index is -1.27. The molecular formula is C11H15N5O5. The SMILES string of the molecule is [N-]=[N+]=NCCC(=O)NNCCC(=O)OC1C(=O)CCC1=O. The first kappa shape index (κ1) is 16.6. The smallest absolute Gasteiger partial charge is 0.308 e. The normalized spacial score (nSPS) is 14.7. The standard InChI is InChI=1S/C11H15N5O5/c12-16-14-5-3-9(19)15-13-6-4-10(20)21-11-7(17)1-2-8(11)18/h11,13H,1-6H2,(H,15,19). The Morgan fingerprint density at radius 3 is 2.57 bits per heavy atom. The third-order valence-corrected chi connectivity index (χ3v) is 2.64. The van der Waals surface area contributed by atoms with Gasteiger partial charge in [-0.2, -0.15) is 0 Å². The summed E-state index contributed by atoms with van der Waals surface area (Å²) in [7, 11) is 0. The zero-order chi connectivity index (χ0) is 15.7. The molecule has 0 aromatic rings. The van der Waals surface area contributed by atoms with Gasteiger partial charge >= 0.3 is 5.97 Å². The number of azide groups is 1. The second kappa shape index (κ2) is 8.67. The van der Waals surface area contributed by atoms with Gasteiger partial charge in [0.05, 0.1) is 6.42 Å². The maximum Gasteiger partial charge on any atom is 0.308 e. The minimum Gasteiger partial charge on any atom is -0.446 e. The van der Waals surface area contributed by atoms with E-state index in [1.165, 1.54) is 0 Å². The molecular weight excluding hydrogens is 282 g/mol. The molecule has 0 radical (unpaired) electrons. The number of amides is 1. The molecule has 10 nitrogen and oxygen atoms in total. The quantitative estimate of drug-likeness (QED) is 0.118. The summed E-state index contributed by atoms with van der Waals surface area (Å²) in [6.45, 7) is 0.124. The molecule has 1 amide bonds. The maximum absolute atomic E-state index is 11.4. The molecule has 0 atom stereocenters. The summed E-state index contributed by atoms with van der Waals surface area (Å²) in [5, 5.41) is 3.19. The number of nitrogens with zero attached hydrogens (tertiary/aromatic N) is 3. The number of Topliss-reactive ketones (excluding diaryl/α,β-unsaturated/α-hetero) is 2. The third-order valence-electron chi connectivity index (χ3n) is 2.64. The fraction of sp³-hybridized carbons (Fsp3) is 0.636. The molecule has 2 N–H and O–H groups in total. The molecule has 0 aliphatic heterocycles. The molecule has 114 valence electrons. The molecule has 0 saturated heterocycles. The lowest BCUT2D eigenvalue weighted by molar-refractivity contribution is -0.157. The van der Waals surface area contributed by atoms with Gasteiger partial charge in [-0.05, 0) is 5.53 Å². The van der Waals surface area contributed by atoms with Gasteiger partial charge in [0, 0.05) is 37.3 Å². The van der Waals surface area contributed by atoms with E-state index in [1.807, 2.05) is 0 Å². The number of rotatable bonds is 8. The number of hydrogen-bond donors (Lipinski definition) is 2. The molecule has 0 bridgehead atoms. The number of hydrogen-bond acceptors (Lipinski definition) is 7. The number of nitrogens with one attached hydrogen (secondary N) is 2. The van der Waals surface area contributed by atoms with Crippen LogP contribution in [-0.2, 0) is 23.9 Å². The number of carbonyl (C=O) groups is 4. The zero-order valence-electron chi connectivity index (χ0n) is 11.2. The number of ether oxygens (including phenoxy) is 1. The highest BCUT2D eigenvalue weighted by atomic mass is 16.6. The van der Waals surface area contributed by atoms with E-state index in [9.17, 15) is 19.2 Å². The van der Waals surface area contributed by atoms with Crippen LogP contribution in [0.15, 0.2) is 5.11 Å². The highest BCUT2D eigenvalue weighted by Crippen LogP contribution is 2.14. The Hall–Kier alpha value is -2.45. The van der Waals surface area contributed by atoms with Gasteiger partial charge in [-0.25, -0.2) is 5.43 Å². The van der Waals surface area contributed by atoms with E-state index in [0.717, 1.165) is 0 Å². The first-order chi connectivity index (χ1) is 10.0. The van der Waals surface area contributed by atoms with E-state index in [4.69, 9.17) is 10.3 Å². The van der Waals surface area contributed by atoms with Crippen LogP contribution in [0.1, 0.15) is 25.7 Å². The lowest BCUT2D eigenvalue weighted by atomic mass is 10.3. The molecule has 1 aliphatic carbocycles. The summed E-state index contributed by atoms with van der Waals surface area (Å²) < 4.78 is 4.78. The molecule has 21 heavy (non-hydrogen) atoms. The van der Waals surface area contributed by atoms with Crippen LogP contribution in [0.2, 0.25) is 0 Å². The maximum atomic E-state index is 11.4. The lowest BCUT2D eigenvalue weighted by Crippen LogP contribution is -2.39. The second-order valence-corrected chi connectivity index (χ2v) is 4.23. The van der Waals surface area contributed by atoms with Crippen LogP contribution in [0, 0.1) is 0 Å². The average molecular weight is 297 g/mol. The third kappa shape index (κ3) is 6.02. The molecule has 1 rings (SSSR count). The predicted molar refractivity (Wildman–Crippen MR) is 68.5 cm³/mol. The van der Waals surface area contributed by atoms with Crippen molar-refractivity contribution in [3.8, 4) is 0 Å². The first-order valence-electron chi connectivity index (χ1n) is 6.32. The molecule has 1 aliphatic rings. The Bertz CT molecular complexity index is 469. The molecule has 0 aromatic carbocycles. The van der Waals surface area contributed by atoms with Crippen LogP contribution in [-0.4, -0.2) is 42.6 Å². The van der Waals surface area contributed by atoms with E-state index in [0.29, 0.717) is 0 Å². The molecule has 0 spiro atoms. The van der Waals surface area contributed by atoms with Crippen molar-refractivity contribution in [2.45, 2.75) is 31.8 Å². The number of esters is 1. The van der Waals surface area contributed by atoms with Crippen LogP contribution in [0.3, 0.4) is 0 Å². The van der Waals surface area contributed by atoms with Crippen LogP contribution in [0.5, 0.6) is 0 Å². The van der Waals surface area contributed by atoms with Crippen LogP contribution >= 0.6 is 0 Å². The van der Waals surface area contributed by atoms with Gasteiger partial charge < -0.3 is 4.74 Å². The molecule has 10 heteroatoms. The summed E-state index contributed by atoms with van der Waals surface area (Å²) in [6, 6.07) is 0. The fourth-order valence-corrected chi connectivity index (χ4v) is 1.59. The first-order valence-corrected chi connectivity index (χ1v) is 6.32. The highest BCUT2D eigenvalue weighted by molar-refractivity contribution is 6.12. The van der Waals surface area contributed by atoms with E-state index < -0.39 is 18.0 Å². The Kier molecular flexibility index (Phi) is 6.85. The minimum absolute atomic E-state index is 0.0204. The lowest BCUT2D eigenvalue weighted by Gasteiger charge is -2.10. The molecule has 0 aromatic heterocycles. The van der Waals surface area contributed by atoms with Crippen molar-refractivity contribution >= 4 is 23.4 Å². The Morgan fingerprint density at radius 1 is 1.29 bits per heavy atom. The number of ketones is 2. The van der Waals surface area contributed by atoms with Gasteiger partial charge in [0.2, 0.25) is 12.0 Å². The molecule has 1 saturated carbocycles. The fourth-order valence-electron chi connectivity index (χ4n) is 1.59. The summed E-state index contributed by atoms with van der Waals surface area (Å²) >= 11 is 0. The Morgan fingerprint density at radius 2 is 1.95 bits per heavy atom. The number of carbonyl (C=O) groups excluding carboxylic acids is 4. The van der Waals surface area contributed by atoms with Crippen molar-refractivity contribution in [1.82, 2.24) is 10.9 Å². The van der Waals surface area contributed by atoms with Crippen molar-refractivity contribution in [2.24, 2.45) is 5.11 Å². The summed E-state index contributed by atoms with van der Waals surface area (Å²) in [5.74, 6) is -1.85. The van der Waals surface area contributed by atoms with Crippen LogP contribution < -0.4 is 10.9 Å². The van der Waals surface area contributed by atoms with Gasteiger partial charge in [-0.1, -0.05) is 5.11 Å². The van der Waals surface area contributed by atoms with Crippen molar-refractivity contribution in [3.05, 3.63) is 10.4 Å². The molecule has 0 heterocycles. The van der Waals surface area contributed by atoms with Gasteiger partial charge in [0.1, 0.15) is 0 Å².